The van der Waals surface area contributed by atoms with Gasteiger partial charge in [0.05, 0.1) is 11.6 Å². The monoisotopic (exact) mass is 372 g/mol. The van der Waals surface area contributed by atoms with Crippen LogP contribution in [0.15, 0.2) is 22.7 Å². The van der Waals surface area contributed by atoms with Gasteiger partial charge in [-0.25, -0.2) is 4.79 Å². The minimum Gasteiger partial charge on any atom is -0.496 e. The SMILES string of the molecule is COc1ccc(NC(=O)CCNC(=O)OC(C)(C)C)cc1Br. The molecule has 1 aromatic carbocycles. The molecule has 0 unspecified atom stereocenters. The number of hydrogen-bond acceptors (Lipinski definition) is 4. The van der Waals surface area contributed by atoms with Crippen molar-refractivity contribution < 1.29 is 19.1 Å². The van der Waals surface area contributed by atoms with Gasteiger partial charge in [0, 0.05) is 18.7 Å². The first-order valence-corrected chi connectivity index (χ1v) is 7.61. The number of carbonyl (C=O) groups is 2. The second kappa shape index (κ2) is 8.03. The summed E-state index contributed by atoms with van der Waals surface area (Å²) in [6.07, 6.45) is -0.379. The van der Waals surface area contributed by atoms with E-state index in [9.17, 15) is 9.59 Å². The zero-order valence-electron chi connectivity index (χ0n) is 13.2. The number of benzene rings is 1. The predicted molar refractivity (Wildman–Crippen MR) is 88.2 cm³/mol. The number of carbonyl (C=O) groups excluding carboxylic acids is 2. The Morgan fingerprint density at radius 1 is 1.27 bits per heavy atom. The summed E-state index contributed by atoms with van der Waals surface area (Å²) in [6.45, 7) is 5.54. The Morgan fingerprint density at radius 2 is 1.95 bits per heavy atom. The van der Waals surface area contributed by atoms with Crippen LogP contribution < -0.4 is 15.4 Å². The Balaban J connectivity index is 2.38. The third-order valence-electron chi connectivity index (χ3n) is 2.46. The van der Waals surface area contributed by atoms with Crippen LogP contribution in [0.4, 0.5) is 10.5 Å². The Kier molecular flexibility index (Phi) is 6.67. The van der Waals surface area contributed by atoms with Crippen molar-refractivity contribution in [2.75, 3.05) is 19.0 Å². The van der Waals surface area contributed by atoms with E-state index in [2.05, 4.69) is 26.6 Å². The van der Waals surface area contributed by atoms with Gasteiger partial charge in [0.1, 0.15) is 11.4 Å². The molecule has 6 nitrogen and oxygen atoms in total. The molecule has 1 aromatic rings. The Labute approximate surface area is 138 Å². The molecule has 0 atom stereocenters. The van der Waals surface area contributed by atoms with Crippen LogP contribution in [0.3, 0.4) is 0 Å². The average Bonchev–Trinajstić information content (AvgIpc) is 2.36. The lowest BCUT2D eigenvalue weighted by atomic mass is 10.2. The number of methoxy groups -OCH3 is 1. The summed E-state index contributed by atoms with van der Waals surface area (Å²) in [6, 6.07) is 5.24. The number of halogens is 1. The van der Waals surface area contributed by atoms with E-state index < -0.39 is 11.7 Å². The number of rotatable bonds is 5. The van der Waals surface area contributed by atoms with Crippen LogP contribution in [0.1, 0.15) is 27.2 Å². The minimum absolute atomic E-state index is 0.156. The molecule has 0 spiro atoms. The summed E-state index contributed by atoms with van der Waals surface area (Å²) in [7, 11) is 1.57. The molecule has 0 fully saturated rings. The molecule has 0 saturated carbocycles. The molecule has 7 heteroatoms. The van der Waals surface area contributed by atoms with Gasteiger partial charge in [-0.1, -0.05) is 0 Å². The van der Waals surface area contributed by atoms with Crippen LogP contribution >= 0.6 is 15.9 Å². The van der Waals surface area contributed by atoms with E-state index in [-0.39, 0.29) is 18.9 Å². The fraction of sp³-hybridized carbons (Fsp3) is 0.467. The summed E-state index contributed by atoms with van der Waals surface area (Å²) in [4.78, 5) is 23.2. The third-order valence-corrected chi connectivity index (χ3v) is 3.08. The smallest absolute Gasteiger partial charge is 0.407 e. The molecular weight excluding hydrogens is 352 g/mol. The van der Waals surface area contributed by atoms with E-state index in [0.29, 0.717) is 11.4 Å². The highest BCUT2D eigenvalue weighted by molar-refractivity contribution is 9.10. The maximum atomic E-state index is 11.8. The predicted octanol–water partition coefficient (Wildman–Crippen LogP) is 3.31. The molecule has 2 N–H and O–H groups in total. The van der Waals surface area contributed by atoms with E-state index >= 15 is 0 Å². The number of hydrogen-bond donors (Lipinski definition) is 2. The zero-order valence-corrected chi connectivity index (χ0v) is 14.7. The van der Waals surface area contributed by atoms with Gasteiger partial charge in [0.15, 0.2) is 0 Å². The molecule has 0 aliphatic rings. The Hall–Kier alpha value is -1.76. The highest BCUT2D eigenvalue weighted by atomic mass is 79.9. The van der Waals surface area contributed by atoms with Gasteiger partial charge in [-0.15, -0.1) is 0 Å². The molecular formula is C15H21BrN2O4. The lowest BCUT2D eigenvalue weighted by Crippen LogP contribution is -2.34. The fourth-order valence-corrected chi connectivity index (χ4v) is 2.10. The minimum atomic E-state index is -0.554. The normalized spacial score (nSPS) is 10.8. The van der Waals surface area contributed by atoms with Crippen LogP contribution in [0, 0.1) is 0 Å². The van der Waals surface area contributed by atoms with Crippen LogP contribution in [-0.2, 0) is 9.53 Å². The molecule has 0 heterocycles. The summed E-state index contributed by atoms with van der Waals surface area (Å²) in [5, 5.41) is 5.27. The van der Waals surface area contributed by atoms with Crippen LogP contribution in [0.2, 0.25) is 0 Å². The van der Waals surface area contributed by atoms with Crippen LogP contribution in [0.25, 0.3) is 0 Å². The molecule has 0 aliphatic heterocycles. The van der Waals surface area contributed by atoms with Crippen molar-refractivity contribution in [1.82, 2.24) is 5.32 Å². The first-order valence-electron chi connectivity index (χ1n) is 6.81. The molecule has 22 heavy (non-hydrogen) atoms. The van der Waals surface area contributed by atoms with E-state index in [1.165, 1.54) is 0 Å². The van der Waals surface area contributed by atoms with Gasteiger partial charge in [0.25, 0.3) is 0 Å². The first-order chi connectivity index (χ1) is 10.2. The maximum absolute atomic E-state index is 11.8. The quantitative estimate of drug-likeness (QED) is 0.830. The summed E-state index contributed by atoms with van der Waals surface area (Å²) < 4.78 is 10.9. The largest absolute Gasteiger partial charge is 0.496 e. The van der Waals surface area contributed by atoms with Gasteiger partial charge in [-0.05, 0) is 54.9 Å². The lowest BCUT2D eigenvalue weighted by Gasteiger charge is -2.19. The van der Waals surface area contributed by atoms with E-state index in [4.69, 9.17) is 9.47 Å². The topological polar surface area (TPSA) is 76.7 Å². The van der Waals surface area contributed by atoms with Crippen LogP contribution in [0.5, 0.6) is 5.75 Å². The van der Waals surface area contributed by atoms with Crippen molar-refractivity contribution in [3.63, 3.8) is 0 Å². The molecule has 0 bridgehead atoms. The lowest BCUT2D eigenvalue weighted by molar-refractivity contribution is -0.116. The molecule has 0 radical (unpaired) electrons. The van der Waals surface area contributed by atoms with Gasteiger partial charge >= 0.3 is 6.09 Å². The molecule has 2 amide bonds. The van der Waals surface area contributed by atoms with Crippen molar-refractivity contribution in [1.29, 1.82) is 0 Å². The molecule has 0 aliphatic carbocycles. The van der Waals surface area contributed by atoms with Gasteiger partial charge < -0.3 is 20.1 Å². The van der Waals surface area contributed by atoms with Gasteiger partial charge in [-0.2, -0.15) is 0 Å². The highest BCUT2D eigenvalue weighted by Gasteiger charge is 2.15. The summed E-state index contributed by atoms with van der Waals surface area (Å²) >= 11 is 3.35. The first kappa shape index (κ1) is 18.3. The van der Waals surface area contributed by atoms with E-state index in [1.54, 1.807) is 46.1 Å². The molecule has 1 rings (SSSR count). The van der Waals surface area contributed by atoms with Crippen molar-refractivity contribution in [2.24, 2.45) is 0 Å². The highest BCUT2D eigenvalue weighted by Crippen LogP contribution is 2.27. The number of anilines is 1. The van der Waals surface area contributed by atoms with E-state index in [1.807, 2.05) is 0 Å². The van der Waals surface area contributed by atoms with E-state index in [0.717, 1.165) is 4.47 Å². The number of nitrogens with one attached hydrogen (secondary N) is 2. The van der Waals surface area contributed by atoms with Crippen LogP contribution in [-0.4, -0.2) is 31.3 Å². The zero-order chi connectivity index (χ0) is 16.8. The molecule has 0 aromatic heterocycles. The van der Waals surface area contributed by atoms with Crippen molar-refractivity contribution in [3.05, 3.63) is 22.7 Å². The van der Waals surface area contributed by atoms with Crippen molar-refractivity contribution in [3.8, 4) is 5.75 Å². The summed E-state index contributed by atoms with van der Waals surface area (Å²) in [5.41, 5.74) is 0.0942. The Morgan fingerprint density at radius 3 is 2.50 bits per heavy atom. The second-order valence-corrected chi connectivity index (χ2v) is 6.43. The summed E-state index contributed by atoms with van der Waals surface area (Å²) in [5.74, 6) is 0.484. The van der Waals surface area contributed by atoms with Crippen molar-refractivity contribution >= 4 is 33.6 Å². The third kappa shape index (κ3) is 6.80. The van der Waals surface area contributed by atoms with Crippen molar-refractivity contribution in [2.45, 2.75) is 32.8 Å². The van der Waals surface area contributed by atoms with Gasteiger partial charge in [0.2, 0.25) is 5.91 Å². The average molecular weight is 373 g/mol. The number of ether oxygens (including phenoxy) is 2. The maximum Gasteiger partial charge on any atom is 0.407 e. The number of amides is 2. The van der Waals surface area contributed by atoms with Gasteiger partial charge in [-0.3, -0.25) is 4.79 Å². The Bertz CT molecular complexity index is 541. The standard InChI is InChI=1S/C15H21BrN2O4/c1-15(2,3)22-14(20)17-8-7-13(19)18-10-5-6-12(21-4)11(16)9-10/h5-6,9H,7-8H2,1-4H3,(H,17,20)(H,18,19). The molecule has 122 valence electrons. The fourth-order valence-electron chi connectivity index (χ4n) is 1.56. The second-order valence-electron chi connectivity index (χ2n) is 5.58. The molecule has 0 saturated heterocycles. The number of alkyl carbamates (subject to hydrolysis) is 1.